The van der Waals surface area contributed by atoms with Gasteiger partial charge in [0.2, 0.25) is 0 Å². The van der Waals surface area contributed by atoms with Crippen LogP contribution < -0.4 is 30.3 Å². The standard InChI is InChI=1S/2C28H24O8.4C3H7O.6CH3.6Al/c2*29-21-9-22(30)14-1-13(21)5-15-2-17(25(33)10-23(15)31)7-19-4-20(28(36)12-27(19)35)8-18-3-16(6-14)24(32)11-26(18)34;4*1-2-3-4;;;;;;;;;;;;/h2*1-4,9-12,29-36H,5-8H2;4*2-3H2,1H3;6*1H3;;;;;;/q;;4*-1;;;;;;;+1;4*+2;+3/p-8. The minimum atomic E-state index is -3.46. The number of rotatable bonds is 20. The molecule has 0 fully saturated rings. The molecule has 8 aromatic carbocycles. The highest BCUT2D eigenvalue weighted by Crippen LogP contribution is 2.46. The molecule has 8 N–H and O–H groups in total. The fourth-order valence-corrected chi connectivity index (χ4v) is 19.7. The maximum Gasteiger partial charge on any atom is 1.10 e. The molecule has 0 saturated heterocycles. The van der Waals surface area contributed by atoms with E-state index in [1.165, 1.54) is 24.3 Å². The van der Waals surface area contributed by atoms with Gasteiger partial charge in [-0.2, -0.15) is 0 Å². The van der Waals surface area contributed by atoms with Crippen molar-refractivity contribution in [2.75, 3.05) is 26.4 Å². The molecule has 11 rings (SSSR count). The van der Waals surface area contributed by atoms with Gasteiger partial charge in [-0.05, 0) is 186 Å². The third-order valence-corrected chi connectivity index (χ3v) is 24.7. The Morgan fingerprint density at radius 2 is 0.540 bits per heavy atom. The lowest BCUT2D eigenvalue weighted by molar-refractivity contribution is 0.200. The maximum atomic E-state index is 11.9. The Labute approximate surface area is 614 Å². The normalized spacial score (nSPS) is 13.3. The van der Waals surface area contributed by atoms with Crippen molar-refractivity contribution >= 4 is 88.9 Å². The van der Waals surface area contributed by atoms with E-state index in [2.05, 4.69) is 11.6 Å². The minimum Gasteiger partial charge on any atom is -0.642 e. The molecular formula is C74H86Al6O20. The molecule has 20 bridgehead atoms. The molecule has 0 amide bonds. The average Bonchev–Trinajstić information content (AvgIpc) is 0.784. The summed E-state index contributed by atoms with van der Waals surface area (Å²) < 4.78 is 80.2. The predicted molar refractivity (Wildman–Crippen MR) is 387 cm³/mol. The Morgan fingerprint density at radius 3 is 0.810 bits per heavy atom. The number of hydrogen-bond donors (Lipinski definition) is 8. The first-order chi connectivity index (χ1) is 48.0. The topological polar surface area (TPSA) is 273 Å². The van der Waals surface area contributed by atoms with Crippen LogP contribution in [0.25, 0.3) is 0 Å². The predicted octanol–water partition coefficient (Wildman–Crippen LogP) is 13.8. The highest BCUT2D eigenvalue weighted by molar-refractivity contribution is 6.49. The Bertz CT molecular complexity index is 4270. The van der Waals surface area contributed by atoms with Gasteiger partial charge in [0, 0.05) is 126 Å². The molecule has 0 atom stereocenters. The van der Waals surface area contributed by atoms with Gasteiger partial charge in [-0.1, -0.05) is 39.3 Å². The van der Waals surface area contributed by atoms with Gasteiger partial charge in [-0.15, -0.1) is 0 Å². The van der Waals surface area contributed by atoms with Crippen LogP contribution in [-0.2, 0) is 66.5 Å². The summed E-state index contributed by atoms with van der Waals surface area (Å²) in [5, 5.41) is 94.7. The van der Waals surface area contributed by atoms with Gasteiger partial charge in [-0.3, -0.25) is 0 Å². The van der Waals surface area contributed by atoms with Gasteiger partial charge in [0.05, 0.1) is 46.0 Å². The number of fused-ring (bicyclic) bond motifs is 24. The fraction of sp³-hybridized carbons (Fsp3) is 0.351. The SMILES string of the molecule is CCC[O][Al]([CH3])[O]c1cc([O][Al]([CH3])[CH3])c2cc1Cc1cc(c(O)cc1O)Cc1cc(c3cc1[O][Al]([CH3])[O]c1cc(c4cc1Cc1cc(c(O)cc1O)Cc1cc(c([O][Al]([CH3])[O]CCC)cc1[O][Al]([CH3])[O]CCC)Cc1cc(c(O)cc1O)C4)[O][Al]([O]CCC)[O]3)Cc1cc(c(O)cc1O)C2. The fourth-order valence-electron chi connectivity index (χ4n) is 12.7. The zero-order valence-corrected chi connectivity index (χ0v) is 65.4. The van der Waals surface area contributed by atoms with E-state index >= 15 is 0 Å². The van der Waals surface area contributed by atoms with Crippen LogP contribution in [0.5, 0.6) is 92.0 Å². The summed E-state index contributed by atoms with van der Waals surface area (Å²) in [6.45, 7) is 9.87. The van der Waals surface area contributed by atoms with Gasteiger partial charge in [-0.25, -0.2) is 0 Å². The molecule has 8 aromatic rings. The molecule has 3 aliphatic rings. The van der Waals surface area contributed by atoms with Gasteiger partial charge >= 0.3 is 88.9 Å². The number of benzene rings is 8. The van der Waals surface area contributed by atoms with E-state index in [0.29, 0.717) is 150 Å². The van der Waals surface area contributed by atoms with Crippen molar-refractivity contribution in [1.29, 1.82) is 0 Å². The molecule has 520 valence electrons. The maximum absolute atomic E-state index is 11.9. The number of hydrogen-bond acceptors (Lipinski definition) is 20. The molecule has 20 nitrogen and oxygen atoms in total. The third kappa shape index (κ3) is 18.5. The molecule has 100 heavy (non-hydrogen) atoms. The second kappa shape index (κ2) is 33.8. The zero-order chi connectivity index (χ0) is 71.1. The van der Waals surface area contributed by atoms with E-state index in [1.54, 1.807) is 36.4 Å². The third-order valence-electron chi connectivity index (χ3n) is 17.5. The zero-order valence-electron chi connectivity index (χ0n) is 58.5. The van der Waals surface area contributed by atoms with Crippen LogP contribution in [0.1, 0.15) is 142 Å². The van der Waals surface area contributed by atoms with E-state index < -0.39 is 88.9 Å². The summed E-state index contributed by atoms with van der Waals surface area (Å²) in [5.41, 5.74) is 8.94. The molecule has 0 unspecified atom stereocenters. The lowest BCUT2D eigenvalue weighted by atomic mass is 9.91. The van der Waals surface area contributed by atoms with Gasteiger partial charge in [0.1, 0.15) is 46.0 Å². The summed E-state index contributed by atoms with van der Waals surface area (Å²) in [6.07, 6.45) is 3.87. The van der Waals surface area contributed by atoms with Crippen LogP contribution in [0.4, 0.5) is 0 Å². The molecule has 1 aliphatic heterocycles. The van der Waals surface area contributed by atoms with E-state index in [-0.39, 0.29) is 104 Å². The second-order valence-electron chi connectivity index (χ2n) is 26.2. The van der Waals surface area contributed by atoms with Crippen molar-refractivity contribution in [2.45, 2.75) is 139 Å². The number of aromatic hydroxyl groups is 8. The highest BCUT2D eigenvalue weighted by Gasteiger charge is 2.43. The first kappa shape index (κ1) is 74.8. The average molecular weight is 1460 g/mol. The molecule has 0 saturated carbocycles. The van der Waals surface area contributed by atoms with Crippen LogP contribution in [0.15, 0.2) is 97.1 Å². The van der Waals surface area contributed by atoms with Crippen molar-refractivity contribution in [1.82, 2.24) is 0 Å². The minimum absolute atomic E-state index is 0.0444. The molecule has 0 spiro atoms. The summed E-state index contributed by atoms with van der Waals surface area (Å²) in [4.78, 5) is 0. The van der Waals surface area contributed by atoms with Crippen LogP contribution in [-0.4, -0.2) is 156 Å². The molecular weight excluding hydrogens is 1370 g/mol. The highest BCUT2D eigenvalue weighted by atomic mass is 27.3. The number of phenols is 8. The first-order valence-electron chi connectivity index (χ1n) is 34.6. The second-order valence-corrected chi connectivity index (χ2v) is 36.6. The molecule has 0 radical (unpaired) electrons. The summed E-state index contributed by atoms with van der Waals surface area (Å²) in [6, 6.07) is 27.4. The molecule has 0 aromatic heterocycles. The molecule has 1 heterocycles. The Hall–Kier alpha value is -6.41. The van der Waals surface area contributed by atoms with Crippen LogP contribution in [0.2, 0.25) is 34.7 Å². The number of phenolic OH excluding ortho intramolecular Hbond substituents is 8. The first-order valence-corrected chi connectivity index (χ1v) is 47.2. The summed E-state index contributed by atoms with van der Waals surface area (Å²) >= 11 is -15.0. The largest absolute Gasteiger partial charge is 1.10 e. The smallest absolute Gasteiger partial charge is 0.642 e. The summed E-state index contributed by atoms with van der Waals surface area (Å²) in [7, 11) is 0. The molecule has 26 heteroatoms. The van der Waals surface area contributed by atoms with E-state index in [1.807, 2.05) is 87.2 Å². The van der Waals surface area contributed by atoms with Gasteiger partial charge < -0.3 is 86.3 Å². The quantitative estimate of drug-likeness (QED) is 0.0329. The van der Waals surface area contributed by atoms with E-state index in [4.69, 9.17) is 45.5 Å². The van der Waals surface area contributed by atoms with E-state index in [0.717, 1.165) is 30.4 Å². The van der Waals surface area contributed by atoms with E-state index in [9.17, 15) is 40.9 Å². The summed E-state index contributed by atoms with van der Waals surface area (Å²) in [5.74, 6) is 14.0. The van der Waals surface area contributed by atoms with Gasteiger partial charge in [0.25, 0.3) is 0 Å². The van der Waals surface area contributed by atoms with Crippen LogP contribution in [0, 0.1) is 0 Å². The van der Waals surface area contributed by atoms with Crippen LogP contribution in [0.3, 0.4) is 0 Å². The molecule has 2 aliphatic carbocycles. The lowest BCUT2D eigenvalue weighted by Gasteiger charge is -2.27. The van der Waals surface area contributed by atoms with Crippen molar-refractivity contribution in [3.05, 3.63) is 186 Å². The van der Waals surface area contributed by atoms with Crippen molar-refractivity contribution in [2.24, 2.45) is 0 Å². The van der Waals surface area contributed by atoms with Gasteiger partial charge in [0.15, 0.2) is 0 Å². The monoisotopic (exact) mass is 1460 g/mol. The Morgan fingerprint density at radius 1 is 0.300 bits per heavy atom. The van der Waals surface area contributed by atoms with Crippen molar-refractivity contribution in [3.8, 4) is 92.0 Å². The van der Waals surface area contributed by atoms with Crippen molar-refractivity contribution in [3.63, 3.8) is 0 Å². The van der Waals surface area contributed by atoms with Crippen molar-refractivity contribution < 1.29 is 86.3 Å². The lowest BCUT2D eigenvalue weighted by Crippen LogP contribution is -2.35. The Balaban J connectivity index is 1.06. The van der Waals surface area contributed by atoms with Crippen LogP contribution >= 0.6 is 0 Å². The Kier molecular flexibility index (Phi) is 25.3.